The van der Waals surface area contributed by atoms with Gasteiger partial charge in [-0.05, 0) is 44.9 Å². The predicted molar refractivity (Wildman–Crippen MR) is 90.0 cm³/mol. The Hall–Kier alpha value is -2.02. The fourth-order valence-corrected chi connectivity index (χ4v) is 3.27. The van der Waals surface area contributed by atoms with Gasteiger partial charge in [0.25, 0.3) is 0 Å². The van der Waals surface area contributed by atoms with Crippen LogP contribution in [0.4, 0.5) is 18.9 Å². The number of hydrogen-bond acceptors (Lipinski definition) is 4. The molecule has 0 amide bonds. The van der Waals surface area contributed by atoms with Crippen molar-refractivity contribution >= 4 is 16.6 Å². The fraction of sp³-hybridized carbons (Fsp3) is 0.500. The maximum atomic E-state index is 13.6. The van der Waals surface area contributed by atoms with E-state index in [0.717, 1.165) is 25.5 Å². The van der Waals surface area contributed by atoms with E-state index in [2.05, 4.69) is 4.98 Å². The third kappa shape index (κ3) is 3.66. The number of benzene rings is 1. The van der Waals surface area contributed by atoms with Gasteiger partial charge in [0.05, 0.1) is 29.8 Å². The molecule has 25 heavy (non-hydrogen) atoms. The molecule has 1 fully saturated rings. The molecule has 2 aromatic rings. The SMILES string of the molecule is CC(C)Oc1cc(C(F)(F)F)c2cc(N3CCC[C@@H]3CO)ccc2n1. The summed E-state index contributed by atoms with van der Waals surface area (Å²) in [6, 6.07) is 5.75. The van der Waals surface area contributed by atoms with Crippen LogP contribution in [0, 0.1) is 0 Å². The molecule has 0 saturated carbocycles. The number of hydrogen-bond donors (Lipinski definition) is 1. The Kier molecular flexibility index (Phi) is 4.77. The Morgan fingerprint density at radius 2 is 2.08 bits per heavy atom. The largest absolute Gasteiger partial charge is 0.475 e. The second-order valence-corrected chi connectivity index (χ2v) is 6.55. The molecule has 0 unspecified atom stereocenters. The number of ether oxygens (including phenoxy) is 1. The van der Waals surface area contributed by atoms with Gasteiger partial charge in [-0.2, -0.15) is 13.2 Å². The van der Waals surface area contributed by atoms with Gasteiger partial charge in [-0.25, -0.2) is 4.98 Å². The molecular weight excluding hydrogens is 333 g/mol. The number of anilines is 1. The maximum Gasteiger partial charge on any atom is 0.417 e. The Labute approximate surface area is 144 Å². The van der Waals surface area contributed by atoms with Gasteiger partial charge >= 0.3 is 6.18 Å². The number of alkyl halides is 3. The molecule has 1 N–H and O–H groups in total. The lowest BCUT2D eigenvalue weighted by atomic mass is 10.1. The first-order valence-corrected chi connectivity index (χ1v) is 8.35. The lowest BCUT2D eigenvalue weighted by Gasteiger charge is -2.26. The lowest BCUT2D eigenvalue weighted by molar-refractivity contribution is -0.136. The number of aliphatic hydroxyl groups is 1. The minimum atomic E-state index is -4.50. The molecule has 1 atom stereocenters. The summed E-state index contributed by atoms with van der Waals surface area (Å²) in [6.07, 6.45) is -3.02. The first-order valence-electron chi connectivity index (χ1n) is 8.35. The number of halogens is 3. The number of aliphatic hydroxyl groups excluding tert-OH is 1. The van der Waals surface area contributed by atoms with E-state index in [9.17, 15) is 18.3 Å². The number of aromatic nitrogens is 1. The molecule has 1 aromatic heterocycles. The van der Waals surface area contributed by atoms with E-state index in [1.54, 1.807) is 26.0 Å². The van der Waals surface area contributed by atoms with E-state index >= 15 is 0 Å². The van der Waals surface area contributed by atoms with Gasteiger partial charge in [-0.15, -0.1) is 0 Å². The zero-order valence-corrected chi connectivity index (χ0v) is 14.2. The molecule has 0 aliphatic carbocycles. The topological polar surface area (TPSA) is 45.6 Å². The summed E-state index contributed by atoms with van der Waals surface area (Å²) in [7, 11) is 0. The molecule has 136 valence electrons. The molecule has 4 nitrogen and oxygen atoms in total. The van der Waals surface area contributed by atoms with Crippen LogP contribution in [0.15, 0.2) is 24.3 Å². The second-order valence-electron chi connectivity index (χ2n) is 6.55. The molecular formula is C18H21F3N2O2. The summed E-state index contributed by atoms with van der Waals surface area (Å²) in [5, 5.41) is 9.51. The molecule has 3 rings (SSSR count). The Morgan fingerprint density at radius 1 is 1.32 bits per heavy atom. The average molecular weight is 354 g/mol. The molecule has 1 aromatic carbocycles. The van der Waals surface area contributed by atoms with Crippen molar-refractivity contribution < 1.29 is 23.0 Å². The maximum absolute atomic E-state index is 13.6. The third-order valence-electron chi connectivity index (χ3n) is 4.35. The van der Waals surface area contributed by atoms with Crippen molar-refractivity contribution in [3.05, 3.63) is 29.8 Å². The van der Waals surface area contributed by atoms with E-state index in [0.29, 0.717) is 5.69 Å². The average Bonchev–Trinajstić information content (AvgIpc) is 3.00. The summed E-state index contributed by atoms with van der Waals surface area (Å²) in [4.78, 5) is 6.16. The van der Waals surface area contributed by atoms with Gasteiger partial charge in [-0.3, -0.25) is 0 Å². The Morgan fingerprint density at radius 3 is 2.72 bits per heavy atom. The summed E-state index contributed by atoms with van der Waals surface area (Å²) >= 11 is 0. The molecule has 1 aliphatic heterocycles. The van der Waals surface area contributed by atoms with Gasteiger partial charge in [0, 0.05) is 23.7 Å². The minimum Gasteiger partial charge on any atom is -0.475 e. The van der Waals surface area contributed by atoms with Gasteiger partial charge in [0.15, 0.2) is 0 Å². The highest BCUT2D eigenvalue weighted by molar-refractivity contribution is 5.87. The number of nitrogens with zero attached hydrogens (tertiary/aromatic N) is 2. The third-order valence-corrected chi connectivity index (χ3v) is 4.35. The Bertz CT molecular complexity index is 762. The predicted octanol–water partition coefficient (Wildman–Crippen LogP) is 4.00. The van der Waals surface area contributed by atoms with Crippen molar-refractivity contribution in [1.29, 1.82) is 0 Å². The molecule has 1 aliphatic rings. The first kappa shape index (κ1) is 17.8. The minimum absolute atomic E-state index is 0.0103. The van der Waals surface area contributed by atoms with Gasteiger partial charge < -0.3 is 14.7 Å². The van der Waals surface area contributed by atoms with E-state index in [1.165, 1.54) is 6.07 Å². The highest BCUT2D eigenvalue weighted by Crippen LogP contribution is 2.38. The summed E-state index contributed by atoms with van der Waals surface area (Å²) in [6.45, 7) is 4.19. The number of rotatable bonds is 4. The summed E-state index contributed by atoms with van der Waals surface area (Å²) < 4.78 is 46.0. The summed E-state index contributed by atoms with van der Waals surface area (Å²) in [5.74, 6) is -0.0306. The van der Waals surface area contributed by atoms with Crippen LogP contribution in [0.3, 0.4) is 0 Å². The highest BCUT2D eigenvalue weighted by Gasteiger charge is 2.34. The van der Waals surface area contributed by atoms with Gasteiger partial charge in [-0.1, -0.05) is 0 Å². The highest BCUT2D eigenvalue weighted by atomic mass is 19.4. The normalized spacial score (nSPS) is 18.4. The molecule has 0 bridgehead atoms. The fourth-order valence-electron chi connectivity index (χ4n) is 3.27. The van der Waals surface area contributed by atoms with E-state index < -0.39 is 11.7 Å². The van der Waals surface area contributed by atoms with Crippen LogP contribution >= 0.6 is 0 Å². The molecule has 7 heteroatoms. The zero-order valence-electron chi connectivity index (χ0n) is 14.2. The van der Waals surface area contributed by atoms with E-state index in [-0.39, 0.29) is 35.5 Å². The van der Waals surface area contributed by atoms with Crippen LogP contribution < -0.4 is 9.64 Å². The smallest absolute Gasteiger partial charge is 0.417 e. The van der Waals surface area contributed by atoms with Gasteiger partial charge in [0.1, 0.15) is 0 Å². The Balaban J connectivity index is 2.11. The van der Waals surface area contributed by atoms with E-state index in [4.69, 9.17) is 4.74 Å². The van der Waals surface area contributed by atoms with Crippen molar-refractivity contribution in [3.8, 4) is 5.88 Å². The van der Waals surface area contributed by atoms with Crippen molar-refractivity contribution in [2.24, 2.45) is 0 Å². The second kappa shape index (κ2) is 6.71. The first-order chi connectivity index (χ1) is 11.8. The van der Waals surface area contributed by atoms with Crippen LogP contribution in [-0.4, -0.2) is 35.4 Å². The van der Waals surface area contributed by atoms with E-state index in [1.807, 2.05) is 4.90 Å². The van der Waals surface area contributed by atoms with Crippen LogP contribution in [-0.2, 0) is 6.18 Å². The van der Waals surface area contributed by atoms with Crippen molar-refractivity contribution in [2.45, 2.75) is 45.0 Å². The van der Waals surface area contributed by atoms with Crippen LogP contribution in [0.2, 0.25) is 0 Å². The monoisotopic (exact) mass is 354 g/mol. The lowest BCUT2D eigenvalue weighted by Crippen LogP contribution is -2.31. The molecule has 0 spiro atoms. The number of fused-ring (bicyclic) bond motifs is 1. The van der Waals surface area contributed by atoms with Crippen LogP contribution in [0.25, 0.3) is 10.9 Å². The van der Waals surface area contributed by atoms with Crippen LogP contribution in [0.5, 0.6) is 5.88 Å². The standard InChI is InChI=1S/C18H21F3N2O2/c1-11(2)25-17-9-15(18(19,20)21)14-8-12(5-6-16(14)22-17)23-7-3-4-13(23)10-24/h5-6,8-9,11,13,24H,3-4,7,10H2,1-2H3/t13-/m1/s1. The molecule has 0 radical (unpaired) electrons. The zero-order chi connectivity index (χ0) is 18.2. The van der Waals surface area contributed by atoms with Crippen molar-refractivity contribution in [3.63, 3.8) is 0 Å². The van der Waals surface area contributed by atoms with Gasteiger partial charge in [0.2, 0.25) is 5.88 Å². The van der Waals surface area contributed by atoms with Crippen molar-refractivity contribution in [2.75, 3.05) is 18.1 Å². The molecule has 2 heterocycles. The number of pyridine rings is 1. The van der Waals surface area contributed by atoms with Crippen LogP contribution in [0.1, 0.15) is 32.3 Å². The quantitative estimate of drug-likeness (QED) is 0.901. The summed E-state index contributed by atoms with van der Waals surface area (Å²) in [5.41, 5.74) is 0.164. The molecule has 1 saturated heterocycles. The van der Waals surface area contributed by atoms with Crippen molar-refractivity contribution in [1.82, 2.24) is 4.98 Å².